The van der Waals surface area contributed by atoms with E-state index < -0.39 is 12.4 Å². The molecule has 0 spiro atoms. The predicted octanol–water partition coefficient (Wildman–Crippen LogP) is 4.10. The van der Waals surface area contributed by atoms with E-state index >= 15 is 0 Å². The Hall–Kier alpha value is -1.49. The second-order valence-electron chi connectivity index (χ2n) is 8.11. The Morgan fingerprint density at radius 3 is 2.40 bits per heavy atom. The highest BCUT2D eigenvalue weighted by Gasteiger charge is 2.58. The fourth-order valence-electron chi connectivity index (χ4n) is 5.94. The van der Waals surface area contributed by atoms with Gasteiger partial charge in [-0.3, -0.25) is 0 Å². The number of alkyl halides is 2. The average molecular weight is 350 g/mol. The lowest BCUT2D eigenvalue weighted by molar-refractivity contribution is -0.183. The Morgan fingerprint density at radius 2 is 1.76 bits per heavy atom. The van der Waals surface area contributed by atoms with Crippen LogP contribution in [0.3, 0.4) is 0 Å². The van der Waals surface area contributed by atoms with Crippen molar-refractivity contribution in [3.63, 3.8) is 0 Å². The van der Waals surface area contributed by atoms with Gasteiger partial charge < -0.3 is 9.47 Å². The van der Waals surface area contributed by atoms with Crippen molar-refractivity contribution in [1.29, 1.82) is 0 Å². The zero-order chi connectivity index (χ0) is 17.5. The van der Waals surface area contributed by atoms with Gasteiger partial charge in [0.2, 0.25) is 0 Å². The number of esters is 1. The molecular formula is C20H24F2O3. The molecule has 136 valence electrons. The Balaban J connectivity index is 1.45. The molecule has 4 fully saturated rings. The maximum Gasteiger partial charge on any atom is 0.373 e. The van der Waals surface area contributed by atoms with Crippen LogP contribution in [-0.2, 0) is 19.7 Å². The van der Waals surface area contributed by atoms with Crippen molar-refractivity contribution in [2.45, 2.75) is 56.0 Å². The van der Waals surface area contributed by atoms with Gasteiger partial charge in [-0.25, -0.2) is 4.79 Å². The number of benzene rings is 1. The Kier molecular flexibility index (Phi) is 4.30. The summed E-state index contributed by atoms with van der Waals surface area (Å²) in [6.07, 6.45) is 3.72. The highest BCUT2D eigenvalue weighted by atomic mass is 19.3. The summed E-state index contributed by atoms with van der Waals surface area (Å²) in [5.41, 5.74) is 1.41. The molecule has 0 heterocycles. The minimum Gasteiger partial charge on any atom is -0.459 e. The van der Waals surface area contributed by atoms with Crippen molar-refractivity contribution in [3.05, 3.63) is 35.9 Å². The number of carbonyl (C=O) groups is 1. The normalized spacial score (nSPS) is 36.0. The first-order chi connectivity index (χ1) is 12.0. The predicted molar refractivity (Wildman–Crippen MR) is 88.4 cm³/mol. The molecule has 0 amide bonds. The van der Waals surface area contributed by atoms with Crippen LogP contribution in [0.15, 0.2) is 30.3 Å². The monoisotopic (exact) mass is 350 g/mol. The van der Waals surface area contributed by atoms with Gasteiger partial charge in [-0.15, -0.1) is 0 Å². The SMILES string of the molecule is O=C(OCCOC12CC3CC(C1)CC(c1ccccc1)(C3)C2)C(F)F. The first-order valence-corrected chi connectivity index (χ1v) is 9.15. The molecule has 2 unspecified atom stereocenters. The van der Waals surface area contributed by atoms with Crippen molar-refractivity contribution >= 4 is 5.97 Å². The van der Waals surface area contributed by atoms with Crippen LogP contribution < -0.4 is 0 Å². The molecule has 2 atom stereocenters. The molecule has 1 aromatic rings. The van der Waals surface area contributed by atoms with E-state index in [-0.39, 0.29) is 24.2 Å². The van der Waals surface area contributed by atoms with Gasteiger partial charge in [0.1, 0.15) is 6.61 Å². The summed E-state index contributed by atoms with van der Waals surface area (Å²) in [4.78, 5) is 10.9. The summed E-state index contributed by atoms with van der Waals surface area (Å²) in [5, 5.41) is 0. The number of hydrogen-bond donors (Lipinski definition) is 0. The summed E-state index contributed by atoms with van der Waals surface area (Å²) >= 11 is 0. The molecule has 25 heavy (non-hydrogen) atoms. The summed E-state index contributed by atoms with van der Waals surface area (Å²) in [7, 11) is 0. The smallest absolute Gasteiger partial charge is 0.373 e. The van der Waals surface area contributed by atoms with E-state index in [0.717, 1.165) is 19.3 Å². The second kappa shape index (κ2) is 6.35. The molecule has 4 saturated carbocycles. The molecular weight excluding hydrogens is 326 g/mol. The number of hydrogen-bond acceptors (Lipinski definition) is 3. The first-order valence-electron chi connectivity index (χ1n) is 9.15. The molecule has 0 N–H and O–H groups in total. The van der Waals surface area contributed by atoms with Crippen LogP contribution in [-0.4, -0.2) is 31.2 Å². The third-order valence-corrected chi connectivity index (χ3v) is 6.31. The minimum atomic E-state index is -3.07. The molecule has 0 aromatic heterocycles. The maximum atomic E-state index is 12.2. The summed E-state index contributed by atoms with van der Waals surface area (Å²) in [5.74, 6) is -0.120. The van der Waals surface area contributed by atoms with Crippen LogP contribution in [0.2, 0.25) is 0 Å². The van der Waals surface area contributed by atoms with Gasteiger partial charge in [0, 0.05) is 0 Å². The van der Waals surface area contributed by atoms with Crippen LogP contribution >= 0.6 is 0 Å². The quantitative estimate of drug-likeness (QED) is 0.572. The van der Waals surface area contributed by atoms with Crippen LogP contribution in [0, 0.1) is 11.8 Å². The molecule has 3 nitrogen and oxygen atoms in total. The minimum absolute atomic E-state index is 0.0986. The third kappa shape index (κ3) is 3.19. The second-order valence-corrected chi connectivity index (χ2v) is 8.11. The van der Waals surface area contributed by atoms with E-state index in [1.165, 1.54) is 24.8 Å². The maximum absolute atomic E-state index is 12.2. The van der Waals surface area contributed by atoms with Crippen LogP contribution in [0.5, 0.6) is 0 Å². The van der Waals surface area contributed by atoms with E-state index in [0.29, 0.717) is 11.8 Å². The van der Waals surface area contributed by atoms with E-state index in [4.69, 9.17) is 4.74 Å². The van der Waals surface area contributed by atoms with Crippen LogP contribution in [0.25, 0.3) is 0 Å². The fourth-order valence-corrected chi connectivity index (χ4v) is 5.94. The van der Waals surface area contributed by atoms with Crippen molar-refractivity contribution in [2.24, 2.45) is 11.8 Å². The summed E-state index contributed by atoms with van der Waals surface area (Å²) in [6.45, 7) is 0.0986. The number of ether oxygens (including phenoxy) is 2. The Morgan fingerprint density at radius 1 is 1.08 bits per heavy atom. The van der Waals surface area contributed by atoms with E-state index in [1.807, 2.05) is 6.07 Å². The molecule has 5 heteroatoms. The number of carbonyl (C=O) groups excluding carboxylic acids is 1. The molecule has 0 saturated heterocycles. The average Bonchev–Trinajstić information content (AvgIpc) is 2.58. The van der Waals surface area contributed by atoms with Crippen molar-refractivity contribution < 1.29 is 23.0 Å². The van der Waals surface area contributed by atoms with E-state index in [1.54, 1.807) is 0 Å². The van der Waals surface area contributed by atoms with Gasteiger partial charge >= 0.3 is 12.4 Å². The highest BCUT2D eigenvalue weighted by molar-refractivity contribution is 5.72. The van der Waals surface area contributed by atoms with Crippen molar-refractivity contribution in [2.75, 3.05) is 13.2 Å². The molecule has 0 aliphatic heterocycles. The zero-order valence-corrected chi connectivity index (χ0v) is 14.3. The summed E-state index contributed by atoms with van der Waals surface area (Å²) in [6, 6.07) is 10.7. The number of rotatable bonds is 6. The van der Waals surface area contributed by atoms with Crippen LogP contribution in [0.1, 0.15) is 44.1 Å². The standard InChI is InChI=1S/C20H24F2O3/c21-17(22)18(23)24-6-7-25-20-11-14-8-15(12-20)10-19(9-14,13-20)16-4-2-1-3-5-16/h1-5,14-15,17H,6-13H2. The van der Waals surface area contributed by atoms with E-state index in [9.17, 15) is 13.6 Å². The molecule has 1 aromatic carbocycles. The lowest BCUT2D eigenvalue weighted by atomic mass is 9.46. The van der Waals surface area contributed by atoms with Crippen molar-refractivity contribution in [3.8, 4) is 0 Å². The molecule has 5 rings (SSSR count). The van der Waals surface area contributed by atoms with Gasteiger partial charge in [0.05, 0.1) is 12.2 Å². The molecule has 4 aliphatic carbocycles. The van der Waals surface area contributed by atoms with Crippen LogP contribution in [0.4, 0.5) is 8.78 Å². The zero-order valence-electron chi connectivity index (χ0n) is 14.3. The third-order valence-electron chi connectivity index (χ3n) is 6.31. The lowest BCUT2D eigenvalue weighted by Gasteiger charge is -2.62. The van der Waals surface area contributed by atoms with Gasteiger partial charge in [-0.05, 0) is 61.3 Å². The van der Waals surface area contributed by atoms with Gasteiger partial charge in [-0.1, -0.05) is 30.3 Å². The fraction of sp³-hybridized carbons (Fsp3) is 0.650. The van der Waals surface area contributed by atoms with Gasteiger partial charge in [0.15, 0.2) is 0 Å². The molecule has 4 aliphatic rings. The Bertz CT molecular complexity index is 617. The molecule has 4 bridgehead atoms. The van der Waals surface area contributed by atoms with Gasteiger partial charge in [-0.2, -0.15) is 8.78 Å². The van der Waals surface area contributed by atoms with Crippen molar-refractivity contribution in [1.82, 2.24) is 0 Å². The summed E-state index contributed by atoms with van der Waals surface area (Å²) < 4.78 is 35.1. The number of halogens is 2. The van der Waals surface area contributed by atoms with E-state index in [2.05, 4.69) is 29.0 Å². The Labute approximate surface area is 146 Å². The topological polar surface area (TPSA) is 35.5 Å². The first kappa shape index (κ1) is 17.0. The largest absolute Gasteiger partial charge is 0.459 e. The molecule has 0 radical (unpaired) electrons. The lowest BCUT2D eigenvalue weighted by Crippen LogP contribution is -2.58. The van der Waals surface area contributed by atoms with Gasteiger partial charge in [0.25, 0.3) is 0 Å². The highest BCUT2D eigenvalue weighted by Crippen LogP contribution is 2.63.